The lowest BCUT2D eigenvalue weighted by atomic mass is 10.1. The van der Waals surface area contributed by atoms with E-state index in [1.807, 2.05) is 32.0 Å². The van der Waals surface area contributed by atoms with Gasteiger partial charge in [-0.3, -0.25) is 9.59 Å². The van der Waals surface area contributed by atoms with E-state index >= 15 is 0 Å². The Bertz CT molecular complexity index is 788. The van der Waals surface area contributed by atoms with E-state index in [9.17, 15) is 14.0 Å². The van der Waals surface area contributed by atoms with E-state index in [1.54, 1.807) is 6.07 Å². The van der Waals surface area contributed by atoms with Gasteiger partial charge in [-0.15, -0.1) is 0 Å². The van der Waals surface area contributed by atoms with Crippen LogP contribution in [0.15, 0.2) is 42.5 Å². The van der Waals surface area contributed by atoms with Crippen molar-refractivity contribution in [1.29, 1.82) is 0 Å². The van der Waals surface area contributed by atoms with Crippen LogP contribution < -0.4 is 10.2 Å². The Morgan fingerprint density at radius 3 is 2.57 bits per heavy atom. The maximum absolute atomic E-state index is 13.9. The molecule has 0 saturated carbocycles. The molecule has 2 aromatic rings. The van der Waals surface area contributed by atoms with Crippen LogP contribution in [0, 0.1) is 19.7 Å². The minimum Gasteiger partial charge on any atom is -0.373 e. The van der Waals surface area contributed by atoms with Gasteiger partial charge >= 0.3 is 0 Å². The van der Waals surface area contributed by atoms with Gasteiger partial charge in [-0.1, -0.05) is 24.3 Å². The second-order valence-electron chi connectivity index (χ2n) is 5.67. The van der Waals surface area contributed by atoms with Gasteiger partial charge in [0.1, 0.15) is 11.9 Å². The smallest absolute Gasteiger partial charge is 0.256 e. The van der Waals surface area contributed by atoms with Gasteiger partial charge in [0.25, 0.3) is 5.91 Å². The van der Waals surface area contributed by atoms with E-state index in [-0.39, 0.29) is 12.1 Å². The maximum atomic E-state index is 13.9. The van der Waals surface area contributed by atoms with Gasteiger partial charge < -0.3 is 5.32 Å². The molecule has 0 spiro atoms. The molecule has 3 rings (SSSR count). The van der Waals surface area contributed by atoms with Gasteiger partial charge in [-0.2, -0.15) is 0 Å². The summed E-state index contributed by atoms with van der Waals surface area (Å²) in [6.45, 7) is 3.93. The highest BCUT2D eigenvalue weighted by Crippen LogP contribution is 2.28. The van der Waals surface area contributed by atoms with Gasteiger partial charge in [-0.05, 0) is 43.2 Å². The second-order valence-corrected chi connectivity index (χ2v) is 5.67. The Morgan fingerprint density at radius 1 is 1.09 bits per heavy atom. The summed E-state index contributed by atoms with van der Waals surface area (Å²) in [5.41, 5.74) is 2.94. The molecule has 2 amide bonds. The molecule has 1 atom stereocenters. The molecule has 0 bridgehead atoms. The molecule has 5 heteroatoms. The molecule has 1 aliphatic rings. The molecule has 0 unspecified atom stereocenters. The fourth-order valence-corrected chi connectivity index (χ4v) is 2.73. The van der Waals surface area contributed by atoms with E-state index in [2.05, 4.69) is 5.32 Å². The third-order valence-electron chi connectivity index (χ3n) is 4.17. The lowest BCUT2D eigenvalue weighted by Gasteiger charge is -2.18. The molecular formula is C18H17FN2O2. The number of imide groups is 1. The molecule has 1 saturated heterocycles. The van der Waals surface area contributed by atoms with Crippen molar-refractivity contribution in [2.75, 3.05) is 10.2 Å². The fourth-order valence-electron chi connectivity index (χ4n) is 2.73. The van der Waals surface area contributed by atoms with Crippen molar-refractivity contribution in [2.45, 2.75) is 26.3 Å². The molecule has 2 aromatic carbocycles. The van der Waals surface area contributed by atoms with Crippen LogP contribution in [0.25, 0.3) is 0 Å². The largest absolute Gasteiger partial charge is 0.373 e. The number of carbonyl (C=O) groups is 2. The quantitative estimate of drug-likeness (QED) is 0.886. The summed E-state index contributed by atoms with van der Waals surface area (Å²) in [6.07, 6.45) is 0.0144. The zero-order valence-corrected chi connectivity index (χ0v) is 13.0. The first-order valence-electron chi connectivity index (χ1n) is 7.43. The first kappa shape index (κ1) is 15.2. The average Bonchev–Trinajstić information content (AvgIpc) is 2.79. The first-order chi connectivity index (χ1) is 11.0. The van der Waals surface area contributed by atoms with Crippen molar-refractivity contribution in [3.63, 3.8) is 0 Å². The lowest BCUT2D eigenvalue weighted by molar-refractivity contribution is -0.121. The number of aryl methyl sites for hydroxylation is 1. The summed E-state index contributed by atoms with van der Waals surface area (Å²) in [6, 6.07) is 10.9. The zero-order valence-electron chi connectivity index (χ0n) is 13.0. The van der Waals surface area contributed by atoms with Crippen LogP contribution in [-0.4, -0.2) is 17.9 Å². The molecule has 1 heterocycles. The summed E-state index contributed by atoms with van der Waals surface area (Å²) in [5, 5.41) is 3.11. The third-order valence-corrected chi connectivity index (χ3v) is 4.17. The van der Waals surface area contributed by atoms with Crippen molar-refractivity contribution < 1.29 is 14.0 Å². The number of halogens is 1. The average molecular weight is 312 g/mol. The Balaban J connectivity index is 1.87. The third kappa shape index (κ3) is 2.70. The normalized spacial score (nSPS) is 17.7. The molecule has 23 heavy (non-hydrogen) atoms. The SMILES string of the molecule is Cc1cccc(N[C@H]2CC(=O)N(c3ccccc3F)C2=O)c1C. The first-order valence-corrected chi connectivity index (χ1v) is 7.43. The van der Waals surface area contributed by atoms with Crippen LogP contribution in [0.5, 0.6) is 0 Å². The van der Waals surface area contributed by atoms with Crippen molar-refractivity contribution in [2.24, 2.45) is 0 Å². The van der Waals surface area contributed by atoms with Crippen LogP contribution in [0.1, 0.15) is 17.5 Å². The number of hydrogen-bond acceptors (Lipinski definition) is 3. The van der Waals surface area contributed by atoms with Crippen LogP contribution in [0.4, 0.5) is 15.8 Å². The molecule has 0 radical (unpaired) electrons. The molecule has 0 aliphatic carbocycles. The molecular weight excluding hydrogens is 295 g/mol. The van der Waals surface area contributed by atoms with Gasteiger partial charge in [-0.25, -0.2) is 9.29 Å². The summed E-state index contributed by atoms with van der Waals surface area (Å²) >= 11 is 0. The van der Waals surface area contributed by atoms with Crippen molar-refractivity contribution in [3.8, 4) is 0 Å². The predicted octanol–water partition coefficient (Wildman–Crippen LogP) is 3.19. The number of nitrogens with one attached hydrogen (secondary N) is 1. The molecule has 118 valence electrons. The molecule has 4 nitrogen and oxygen atoms in total. The van der Waals surface area contributed by atoms with Gasteiger partial charge in [0, 0.05) is 5.69 Å². The summed E-state index contributed by atoms with van der Waals surface area (Å²) in [4.78, 5) is 25.7. The Labute approximate surface area is 133 Å². The van der Waals surface area contributed by atoms with Crippen LogP contribution in [0.2, 0.25) is 0 Å². The standard InChI is InChI=1S/C18H17FN2O2/c1-11-6-5-8-14(12(11)2)20-15-10-17(22)21(18(15)23)16-9-4-3-7-13(16)19/h3-9,15,20H,10H2,1-2H3/t15-/m0/s1. The number of anilines is 2. The Kier molecular flexibility index (Phi) is 3.86. The number of amides is 2. The van der Waals surface area contributed by atoms with E-state index in [4.69, 9.17) is 0 Å². The number of rotatable bonds is 3. The van der Waals surface area contributed by atoms with Gasteiger partial charge in [0.05, 0.1) is 12.1 Å². The summed E-state index contributed by atoms with van der Waals surface area (Å²) in [5.74, 6) is -1.41. The molecule has 1 aliphatic heterocycles. The minimum absolute atomic E-state index is 0.00719. The maximum Gasteiger partial charge on any atom is 0.256 e. The number of benzene rings is 2. The van der Waals surface area contributed by atoms with Crippen LogP contribution in [-0.2, 0) is 9.59 Å². The fraction of sp³-hybridized carbons (Fsp3) is 0.222. The number of nitrogens with zero attached hydrogens (tertiary/aromatic N) is 1. The highest BCUT2D eigenvalue weighted by Gasteiger charge is 2.40. The van der Waals surface area contributed by atoms with Crippen LogP contribution in [0.3, 0.4) is 0 Å². The van der Waals surface area contributed by atoms with E-state index in [0.29, 0.717) is 0 Å². The monoisotopic (exact) mass is 312 g/mol. The van der Waals surface area contributed by atoms with Gasteiger partial charge in [0.2, 0.25) is 5.91 Å². The topological polar surface area (TPSA) is 49.4 Å². The van der Waals surface area contributed by atoms with Crippen molar-refractivity contribution >= 4 is 23.2 Å². The molecule has 1 N–H and O–H groups in total. The number of hydrogen-bond donors (Lipinski definition) is 1. The molecule has 0 aromatic heterocycles. The van der Waals surface area contributed by atoms with Crippen LogP contribution >= 0.6 is 0 Å². The zero-order chi connectivity index (χ0) is 16.6. The summed E-state index contributed by atoms with van der Waals surface area (Å²) in [7, 11) is 0. The van der Waals surface area contributed by atoms with E-state index in [1.165, 1.54) is 18.2 Å². The second kappa shape index (κ2) is 5.83. The van der Waals surface area contributed by atoms with Crippen molar-refractivity contribution in [1.82, 2.24) is 0 Å². The highest BCUT2D eigenvalue weighted by atomic mass is 19.1. The van der Waals surface area contributed by atoms with E-state index < -0.39 is 23.7 Å². The number of carbonyl (C=O) groups excluding carboxylic acids is 2. The molecule has 1 fully saturated rings. The Morgan fingerprint density at radius 2 is 1.83 bits per heavy atom. The van der Waals surface area contributed by atoms with Gasteiger partial charge in [0.15, 0.2) is 0 Å². The lowest BCUT2D eigenvalue weighted by Crippen LogP contribution is -2.35. The Hall–Kier alpha value is -2.69. The van der Waals surface area contributed by atoms with Crippen molar-refractivity contribution in [3.05, 3.63) is 59.4 Å². The summed E-state index contributed by atoms with van der Waals surface area (Å²) < 4.78 is 13.9. The highest BCUT2D eigenvalue weighted by molar-refractivity contribution is 6.23. The predicted molar refractivity (Wildman–Crippen MR) is 86.8 cm³/mol. The number of para-hydroxylation sites is 1. The minimum atomic E-state index is -0.678. The van der Waals surface area contributed by atoms with E-state index in [0.717, 1.165) is 21.7 Å².